The molecular formula is C19H19N7O. The lowest BCUT2D eigenvalue weighted by Gasteiger charge is -2.36. The molecule has 1 spiro atoms. The number of fused-ring (bicyclic) bond motifs is 2. The van der Waals surface area contributed by atoms with E-state index in [1.807, 2.05) is 39.8 Å². The monoisotopic (exact) mass is 361 g/mol. The Hall–Kier alpha value is -3.16. The van der Waals surface area contributed by atoms with Crippen LogP contribution >= 0.6 is 0 Å². The van der Waals surface area contributed by atoms with Gasteiger partial charge in [-0.1, -0.05) is 0 Å². The number of rotatable bonds is 4. The van der Waals surface area contributed by atoms with E-state index in [2.05, 4.69) is 25.4 Å². The largest absolute Gasteiger partial charge is 0.479 e. The van der Waals surface area contributed by atoms with E-state index in [9.17, 15) is 0 Å². The fourth-order valence-corrected chi connectivity index (χ4v) is 4.24. The maximum absolute atomic E-state index is 5.60. The lowest BCUT2D eigenvalue weighted by atomic mass is 9.77. The van der Waals surface area contributed by atoms with Crippen LogP contribution in [-0.4, -0.2) is 42.1 Å². The zero-order valence-corrected chi connectivity index (χ0v) is 15.0. The van der Waals surface area contributed by atoms with Crippen molar-refractivity contribution in [1.82, 2.24) is 29.0 Å². The molecule has 6 rings (SSSR count). The van der Waals surface area contributed by atoms with E-state index in [4.69, 9.17) is 4.74 Å². The van der Waals surface area contributed by atoms with Gasteiger partial charge in [-0.25, -0.2) is 14.5 Å². The lowest BCUT2D eigenvalue weighted by Crippen LogP contribution is -2.37. The van der Waals surface area contributed by atoms with Gasteiger partial charge in [-0.05, 0) is 37.2 Å². The zero-order chi connectivity index (χ0) is 18.0. The number of nitrogens with one attached hydrogen (secondary N) is 1. The SMILES string of the molecule is COc1nc(NC2CC3(CC3)C2)nn2ccc(-c3cnc4nccn4c3)c12. The first-order valence-electron chi connectivity index (χ1n) is 9.22. The van der Waals surface area contributed by atoms with Gasteiger partial charge in [0.15, 0.2) is 0 Å². The second kappa shape index (κ2) is 5.18. The minimum atomic E-state index is 0.470. The van der Waals surface area contributed by atoms with Crippen molar-refractivity contribution in [3.63, 3.8) is 0 Å². The van der Waals surface area contributed by atoms with Crippen LogP contribution in [0.15, 0.2) is 37.1 Å². The van der Waals surface area contributed by atoms with Crippen LogP contribution in [-0.2, 0) is 0 Å². The van der Waals surface area contributed by atoms with Crippen molar-refractivity contribution >= 4 is 17.2 Å². The summed E-state index contributed by atoms with van der Waals surface area (Å²) in [4.78, 5) is 13.2. The Kier molecular flexibility index (Phi) is 2.87. The average molecular weight is 361 g/mol. The van der Waals surface area contributed by atoms with Gasteiger partial charge in [0.2, 0.25) is 17.6 Å². The maximum atomic E-state index is 5.60. The molecule has 2 aliphatic rings. The third-order valence-corrected chi connectivity index (χ3v) is 5.88. The highest BCUT2D eigenvalue weighted by Gasteiger charge is 2.53. The predicted molar refractivity (Wildman–Crippen MR) is 99.8 cm³/mol. The smallest absolute Gasteiger partial charge is 0.244 e. The van der Waals surface area contributed by atoms with E-state index in [1.165, 1.54) is 25.7 Å². The molecule has 0 saturated heterocycles. The van der Waals surface area contributed by atoms with Crippen molar-refractivity contribution in [2.75, 3.05) is 12.4 Å². The van der Waals surface area contributed by atoms with Gasteiger partial charge >= 0.3 is 0 Å². The standard InChI is InChI=1S/C19H19N7O/c1-27-16-15-14(12-10-21-18-20-5-7-25(18)11-12)2-6-26(15)24-17(23-16)22-13-8-19(9-13)3-4-19/h2,5-7,10-11,13H,3-4,8-9H2,1H3,(H,22,24). The fraction of sp³-hybridized carbons (Fsp3) is 0.368. The Bertz CT molecular complexity index is 1170. The molecule has 136 valence electrons. The Labute approximate surface area is 155 Å². The van der Waals surface area contributed by atoms with Crippen LogP contribution in [0.5, 0.6) is 5.88 Å². The van der Waals surface area contributed by atoms with E-state index in [0.717, 1.165) is 16.6 Å². The van der Waals surface area contributed by atoms with Crippen molar-refractivity contribution < 1.29 is 4.74 Å². The van der Waals surface area contributed by atoms with Crippen molar-refractivity contribution in [3.8, 4) is 17.0 Å². The summed E-state index contributed by atoms with van der Waals surface area (Å²) in [5.41, 5.74) is 3.41. The van der Waals surface area contributed by atoms with Crippen LogP contribution in [0, 0.1) is 5.41 Å². The zero-order valence-electron chi connectivity index (χ0n) is 15.0. The molecule has 4 aromatic heterocycles. The van der Waals surface area contributed by atoms with E-state index >= 15 is 0 Å². The highest BCUT2D eigenvalue weighted by atomic mass is 16.5. The number of imidazole rings is 1. The molecule has 8 heteroatoms. The van der Waals surface area contributed by atoms with E-state index in [-0.39, 0.29) is 0 Å². The van der Waals surface area contributed by atoms with Gasteiger partial charge in [0, 0.05) is 48.2 Å². The van der Waals surface area contributed by atoms with E-state index in [0.29, 0.717) is 29.1 Å². The Morgan fingerprint density at radius 2 is 2.11 bits per heavy atom. The Morgan fingerprint density at radius 1 is 1.22 bits per heavy atom. The third-order valence-electron chi connectivity index (χ3n) is 5.88. The molecule has 0 amide bonds. The molecule has 2 aliphatic carbocycles. The quantitative estimate of drug-likeness (QED) is 0.602. The molecule has 0 aliphatic heterocycles. The fourth-order valence-electron chi connectivity index (χ4n) is 4.24. The number of methoxy groups -OCH3 is 1. The molecule has 4 aromatic rings. The summed E-state index contributed by atoms with van der Waals surface area (Å²) in [5, 5.41) is 8.11. The van der Waals surface area contributed by atoms with Crippen LogP contribution in [0.4, 0.5) is 5.95 Å². The first-order valence-corrected chi connectivity index (χ1v) is 9.22. The summed E-state index contributed by atoms with van der Waals surface area (Å²) in [7, 11) is 1.64. The van der Waals surface area contributed by atoms with E-state index < -0.39 is 0 Å². The van der Waals surface area contributed by atoms with Crippen LogP contribution in [0.1, 0.15) is 25.7 Å². The van der Waals surface area contributed by atoms with Gasteiger partial charge < -0.3 is 10.1 Å². The molecule has 2 saturated carbocycles. The number of hydrogen-bond acceptors (Lipinski definition) is 6. The molecule has 27 heavy (non-hydrogen) atoms. The summed E-state index contributed by atoms with van der Waals surface area (Å²) in [5.74, 6) is 1.84. The molecule has 0 bridgehead atoms. The Morgan fingerprint density at radius 3 is 2.93 bits per heavy atom. The Balaban J connectivity index is 1.39. The summed E-state index contributed by atoms with van der Waals surface area (Å²) in [6.45, 7) is 0. The topological polar surface area (TPSA) is 81.6 Å². The van der Waals surface area contributed by atoms with Crippen molar-refractivity contribution in [2.24, 2.45) is 5.41 Å². The van der Waals surface area contributed by atoms with Crippen molar-refractivity contribution in [2.45, 2.75) is 31.7 Å². The van der Waals surface area contributed by atoms with Crippen LogP contribution in [0.2, 0.25) is 0 Å². The molecule has 0 unspecified atom stereocenters. The average Bonchev–Trinajstić information content (AvgIpc) is 3.12. The number of nitrogens with zero attached hydrogens (tertiary/aromatic N) is 6. The highest BCUT2D eigenvalue weighted by Crippen LogP contribution is 2.61. The summed E-state index contributed by atoms with van der Waals surface area (Å²) in [6, 6.07) is 2.48. The number of aromatic nitrogens is 6. The highest BCUT2D eigenvalue weighted by molar-refractivity contribution is 5.84. The number of anilines is 1. The van der Waals surface area contributed by atoms with E-state index in [1.54, 1.807) is 13.3 Å². The molecule has 2 fully saturated rings. The van der Waals surface area contributed by atoms with Gasteiger partial charge in [0.25, 0.3) is 0 Å². The first kappa shape index (κ1) is 15.0. The summed E-state index contributed by atoms with van der Waals surface area (Å²) >= 11 is 0. The minimum absolute atomic E-state index is 0.470. The molecular weight excluding hydrogens is 342 g/mol. The van der Waals surface area contributed by atoms with Gasteiger partial charge in [0.1, 0.15) is 5.52 Å². The van der Waals surface area contributed by atoms with Crippen molar-refractivity contribution in [1.29, 1.82) is 0 Å². The minimum Gasteiger partial charge on any atom is -0.479 e. The second-order valence-corrected chi connectivity index (χ2v) is 7.69. The van der Waals surface area contributed by atoms with Gasteiger partial charge in [-0.15, -0.1) is 5.10 Å². The van der Waals surface area contributed by atoms with Gasteiger partial charge in [-0.2, -0.15) is 4.98 Å². The van der Waals surface area contributed by atoms with Gasteiger partial charge in [-0.3, -0.25) is 4.40 Å². The van der Waals surface area contributed by atoms with Crippen LogP contribution in [0.25, 0.3) is 22.4 Å². The molecule has 0 radical (unpaired) electrons. The molecule has 1 N–H and O–H groups in total. The normalized spacial score (nSPS) is 18.1. The van der Waals surface area contributed by atoms with Crippen LogP contribution in [0.3, 0.4) is 0 Å². The molecule has 8 nitrogen and oxygen atoms in total. The molecule has 4 heterocycles. The lowest BCUT2D eigenvalue weighted by molar-refractivity contribution is 0.255. The maximum Gasteiger partial charge on any atom is 0.244 e. The third kappa shape index (κ3) is 2.29. The second-order valence-electron chi connectivity index (χ2n) is 7.69. The first-order chi connectivity index (χ1) is 13.2. The summed E-state index contributed by atoms with van der Waals surface area (Å²) < 4.78 is 9.32. The van der Waals surface area contributed by atoms with Crippen molar-refractivity contribution in [3.05, 3.63) is 37.1 Å². The van der Waals surface area contributed by atoms with Gasteiger partial charge in [0.05, 0.1) is 7.11 Å². The van der Waals surface area contributed by atoms with Crippen LogP contribution < -0.4 is 10.1 Å². The summed E-state index contributed by atoms with van der Waals surface area (Å²) in [6.07, 6.45) is 14.6. The number of hydrogen-bond donors (Lipinski definition) is 1. The molecule has 0 aromatic carbocycles. The molecule has 0 atom stereocenters. The number of ether oxygens (including phenoxy) is 1. The predicted octanol–water partition coefficient (Wildman–Crippen LogP) is 2.80.